The zero-order chi connectivity index (χ0) is 17.2. The molecule has 0 saturated carbocycles. The van der Waals surface area contributed by atoms with Gasteiger partial charge in [0.25, 0.3) is 0 Å². The molecule has 24 heavy (non-hydrogen) atoms. The highest BCUT2D eigenvalue weighted by Crippen LogP contribution is 2.17. The average Bonchev–Trinajstić information content (AvgIpc) is 2.64. The summed E-state index contributed by atoms with van der Waals surface area (Å²) >= 11 is 0. The van der Waals surface area contributed by atoms with Crippen molar-refractivity contribution in [2.75, 3.05) is 20.8 Å². The van der Waals surface area contributed by atoms with Gasteiger partial charge in [0, 0.05) is 25.2 Å². The molecule has 0 aliphatic rings. The normalized spacial score (nSPS) is 10.1. The molecule has 128 valence electrons. The van der Waals surface area contributed by atoms with E-state index in [0.29, 0.717) is 31.9 Å². The lowest BCUT2D eigenvalue weighted by molar-refractivity contribution is -0.121. The third kappa shape index (κ3) is 5.79. The summed E-state index contributed by atoms with van der Waals surface area (Å²) in [6, 6.07) is 11.0. The van der Waals surface area contributed by atoms with Crippen LogP contribution in [0.15, 0.2) is 42.6 Å². The van der Waals surface area contributed by atoms with Gasteiger partial charge in [-0.3, -0.25) is 4.79 Å². The number of hydrogen-bond donors (Lipinski definition) is 1. The van der Waals surface area contributed by atoms with Gasteiger partial charge in [-0.25, -0.2) is 4.98 Å². The number of rotatable bonds is 9. The zero-order valence-electron chi connectivity index (χ0n) is 14.0. The van der Waals surface area contributed by atoms with Crippen LogP contribution in [0.3, 0.4) is 0 Å². The van der Waals surface area contributed by atoms with Gasteiger partial charge in [0.2, 0.25) is 11.8 Å². The molecule has 0 atom stereocenters. The van der Waals surface area contributed by atoms with E-state index in [1.165, 1.54) is 0 Å². The summed E-state index contributed by atoms with van der Waals surface area (Å²) in [5.74, 6) is 2.10. The predicted molar refractivity (Wildman–Crippen MR) is 90.4 cm³/mol. The van der Waals surface area contributed by atoms with E-state index in [4.69, 9.17) is 14.2 Å². The van der Waals surface area contributed by atoms with Crippen molar-refractivity contribution in [2.24, 2.45) is 0 Å². The van der Waals surface area contributed by atoms with Crippen LogP contribution in [0.25, 0.3) is 0 Å². The number of amides is 1. The Balaban J connectivity index is 1.62. The highest BCUT2D eigenvalue weighted by atomic mass is 16.5. The Morgan fingerprint density at radius 1 is 1.04 bits per heavy atom. The van der Waals surface area contributed by atoms with Crippen molar-refractivity contribution < 1.29 is 19.0 Å². The monoisotopic (exact) mass is 330 g/mol. The number of aromatic nitrogens is 1. The molecule has 6 heteroatoms. The Hall–Kier alpha value is -2.76. The number of benzene rings is 1. The maximum atomic E-state index is 11.8. The van der Waals surface area contributed by atoms with Gasteiger partial charge in [-0.05, 0) is 36.2 Å². The first-order valence-electron chi connectivity index (χ1n) is 7.73. The largest absolute Gasteiger partial charge is 0.497 e. The molecule has 1 aromatic heterocycles. The third-order valence-electron chi connectivity index (χ3n) is 3.37. The molecule has 1 amide bonds. The van der Waals surface area contributed by atoms with Crippen molar-refractivity contribution in [3.8, 4) is 17.4 Å². The highest BCUT2D eigenvalue weighted by molar-refractivity contribution is 5.75. The molecule has 6 nitrogen and oxygen atoms in total. The predicted octanol–water partition coefficient (Wildman–Crippen LogP) is 2.57. The molecule has 0 aliphatic heterocycles. The lowest BCUT2D eigenvalue weighted by Gasteiger charge is -2.08. The van der Waals surface area contributed by atoms with Gasteiger partial charge in [-0.1, -0.05) is 6.07 Å². The molecule has 2 rings (SSSR count). The van der Waals surface area contributed by atoms with E-state index in [9.17, 15) is 4.79 Å². The van der Waals surface area contributed by atoms with Gasteiger partial charge in [-0.2, -0.15) is 0 Å². The first kappa shape index (κ1) is 17.6. The van der Waals surface area contributed by atoms with E-state index in [1.807, 2.05) is 30.3 Å². The molecule has 0 aliphatic carbocycles. The van der Waals surface area contributed by atoms with Crippen molar-refractivity contribution in [2.45, 2.75) is 19.4 Å². The summed E-state index contributed by atoms with van der Waals surface area (Å²) in [7, 11) is 3.19. The van der Waals surface area contributed by atoms with Crippen molar-refractivity contribution in [3.05, 3.63) is 48.2 Å². The number of ether oxygens (including phenoxy) is 3. The molecule has 0 bridgehead atoms. The van der Waals surface area contributed by atoms with Crippen LogP contribution >= 0.6 is 0 Å². The van der Waals surface area contributed by atoms with Crippen LogP contribution in [0.5, 0.6) is 17.4 Å². The van der Waals surface area contributed by atoms with E-state index in [2.05, 4.69) is 10.3 Å². The second-order valence-corrected chi connectivity index (χ2v) is 5.11. The summed E-state index contributed by atoms with van der Waals surface area (Å²) in [5.41, 5.74) is 0.929. The van der Waals surface area contributed by atoms with E-state index in [0.717, 1.165) is 17.1 Å². The van der Waals surface area contributed by atoms with Crippen molar-refractivity contribution in [1.29, 1.82) is 0 Å². The topological polar surface area (TPSA) is 69.7 Å². The Bertz CT molecular complexity index is 626. The standard InChI is InChI=1S/C18H22N2O4/c1-22-15-6-8-16(9-7-15)24-11-3-4-17(21)19-12-14-5-10-18(23-2)20-13-14/h5-10,13H,3-4,11-12H2,1-2H3,(H,19,21). The molecule has 0 spiro atoms. The molecule has 1 heterocycles. The smallest absolute Gasteiger partial charge is 0.220 e. The summed E-state index contributed by atoms with van der Waals surface area (Å²) in [4.78, 5) is 15.9. The minimum atomic E-state index is -0.0100. The second kappa shape index (κ2) is 9.39. The zero-order valence-corrected chi connectivity index (χ0v) is 14.0. The van der Waals surface area contributed by atoms with Gasteiger partial charge in [0.1, 0.15) is 11.5 Å². The minimum Gasteiger partial charge on any atom is -0.497 e. The van der Waals surface area contributed by atoms with Crippen LogP contribution < -0.4 is 19.5 Å². The SMILES string of the molecule is COc1ccc(OCCCC(=O)NCc2ccc(OC)nc2)cc1. The molecule has 0 saturated heterocycles. The van der Waals surface area contributed by atoms with Crippen LogP contribution in [-0.2, 0) is 11.3 Å². The number of nitrogens with one attached hydrogen (secondary N) is 1. The number of carbonyl (C=O) groups is 1. The molecule has 0 unspecified atom stereocenters. The van der Waals surface area contributed by atoms with Crippen molar-refractivity contribution >= 4 is 5.91 Å². The summed E-state index contributed by atoms with van der Waals surface area (Å²) in [6.45, 7) is 0.943. The molecule has 0 fully saturated rings. The first-order valence-corrected chi connectivity index (χ1v) is 7.73. The third-order valence-corrected chi connectivity index (χ3v) is 3.37. The Morgan fingerprint density at radius 2 is 1.79 bits per heavy atom. The maximum absolute atomic E-state index is 11.8. The van der Waals surface area contributed by atoms with E-state index in [-0.39, 0.29) is 5.91 Å². The van der Waals surface area contributed by atoms with Crippen LogP contribution in [0.1, 0.15) is 18.4 Å². The van der Waals surface area contributed by atoms with Gasteiger partial charge in [0.05, 0.1) is 20.8 Å². The molecular formula is C18H22N2O4. The Labute approximate surface area is 141 Å². The fourth-order valence-corrected chi connectivity index (χ4v) is 2.02. The number of hydrogen-bond acceptors (Lipinski definition) is 5. The molecule has 2 aromatic rings. The van der Waals surface area contributed by atoms with Gasteiger partial charge in [-0.15, -0.1) is 0 Å². The van der Waals surface area contributed by atoms with Gasteiger partial charge < -0.3 is 19.5 Å². The Kier molecular flexibility index (Phi) is 6.89. The fourth-order valence-electron chi connectivity index (χ4n) is 2.02. The van der Waals surface area contributed by atoms with Crippen molar-refractivity contribution in [3.63, 3.8) is 0 Å². The summed E-state index contributed by atoms with van der Waals surface area (Å²) in [6.07, 6.45) is 2.75. The van der Waals surface area contributed by atoms with Crippen LogP contribution in [-0.4, -0.2) is 31.7 Å². The van der Waals surface area contributed by atoms with Crippen LogP contribution in [0.4, 0.5) is 0 Å². The number of carbonyl (C=O) groups excluding carboxylic acids is 1. The van der Waals surface area contributed by atoms with Crippen molar-refractivity contribution in [1.82, 2.24) is 10.3 Å². The van der Waals surface area contributed by atoms with E-state index >= 15 is 0 Å². The Morgan fingerprint density at radius 3 is 2.42 bits per heavy atom. The first-order chi connectivity index (χ1) is 11.7. The summed E-state index contributed by atoms with van der Waals surface area (Å²) in [5, 5.41) is 2.86. The van der Waals surface area contributed by atoms with Crippen LogP contribution in [0.2, 0.25) is 0 Å². The second-order valence-electron chi connectivity index (χ2n) is 5.11. The fraction of sp³-hybridized carbons (Fsp3) is 0.333. The van der Waals surface area contributed by atoms with Crippen LogP contribution in [0, 0.1) is 0 Å². The number of methoxy groups -OCH3 is 2. The lowest BCUT2D eigenvalue weighted by atomic mass is 10.2. The minimum absolute atomic E-state index is 0.0100. The molecule has 1 aromatic carbocycles. The van der Waals surface area contributed by atoms with E-state index < -0.39 is 0 Å². The quantitative estimate of drug-likeness (QED) is 0.716. The molecular weight excluding hydrogens is 308 g/mol. The van der Waals surface area contributed by atoms with E-state index in [1.54, 1.807) is 26.5 Å². The highest BCUT2D eigenvalue weighted by Gasteiger charge is 2.03. The number of nitrogens with zero attached hydrogens (tertiary/aromatic N) is 1. The molecule has 0 radical (unpaired) electrons. The summed E-state index contributed by atoms with van der Waals surface area (Å²) < 4.78 is 15.7. The average molecular weight is 330 g/mol. The lowest BCUT2D eigenvalue weighted by Crippen LogP contribution is -2.23. The molecule has 1 N–H and O–H groups in total. The van der Waals surface area contributed by atoms with Gasteiger partial charge >= 0.3 is 0 Å². The van der Waals surface area contributed by atoms with Gasteiger partial charge in [0.15, 0.2) is 0 Å². The maximum Gasteiger partial charge on any atom is 0.220 e. The number of pyridine rings is 1.